The van der Waals surface area contributed by atoms with Crippen molar-refractivity contribution in [3.05, 3.63) is 54.4 Å². The molecule has 0 spiro atoms. The first kappa shape index (κ1) is 17.8. The third-order valence-corrected chi connectivity index (χ3v) is 3.27. The number of nitrogens with one attached hydrogen (secondary N) is 2. The topological polar surface area (TPSA) is 50.6 Å². The molecule has 24 heavy (non-hydrogen) atoms. The monoisotopic (exact) mass is 336 g/mol. The molecule has 0 aliphatic carbocycles. The molecule has 0 amide bonds. The summed E-state index contributed by atoms with van der Waals surface area (Å²) in [7, 11) is 0. The number of rotatable bonds is 8. The molecule has 130 valence electrons. The largest absolute Gasteiger partial charge is 0.434 e. The SMILES string of the molecule is CCNC(=NCc1ccccc1OC(F)F)NCCn1cccc1. The molecule has 0 aliphatic heterocycles. The smallest absolute Gasteiger partial charge is 0.387 e. The van der Waals surface area contributed by atoms with Crippen LogP contribution in [0.3, 0.4) is 0 Å². The first-order valence-electron chi connectivity index (χ1n) is 7.84. The van der Waals surface area contributed by atoms with Crippen molar-refractivity contribution in [2.45, 2.75) is 26.6 Å². The Bertz CT molecular complexity index is 629. The molecule has 0 saturated carbocycles. The summed E-state index contributed by atoms with van der Waals surface area (Å²) in [4.78, 5) is 4.43. The van der Waals surface area contributed by atoms with Gasteiger partial charge in [0, 0.05) is 37.6 Å². The summed E-state index contributed by atoms with van der Waals surface area (Å²) in [6, 6.07) is 10.6. The Labute approximate surface area is 140 Å². The highest BCUT2D eigenvalue weighted by Crippen LogP contribution is 2.20. The summed E-state index contributed by atoms with van der Waals surface area (Å²) >= 11 is 0. The number of benzene rings is 1. The molecule has 0 saturated heterocycles. The number of aliphatic imine (C=N–C) groups is 1. The van der Waals surface area contributed by atoms with Crippen LogP contribution in [-0.4, -0.2) is 30.2 Å². The molecule has 1 aromatic heterocycles. The molecular weight excluding hydrogens is 314 g/mol. The minimum atomic E-state index is -2.84. The Morgan fingerprint density at radius 1 is 1.17 bits per heavy atom. The van der Waals surface area contributed by atoms with Gasteiger partial charge in [0.15, 0.2) is 5.96 Å². The number of halogens is 2. The van der Waals surface area contributed by atoms with Gasteiger partial charge in [-0.3, -0.25) is 0 Å². The van der Waals surface area contributed by atoms with Gasteiger partial charge in [0.25, 0.3) is 0 Å². The molecule has 7 heteroatoms. The third kappa shape index (κ3) is 5.91. The minimum absolute atomic E-state index is 0.152. The summed E-state index contributed by atoms with van der Waals surface area (Å²) in [6.45, 7) is 1.60. The van der Waals surface area contributed by atoms with Gasteiger partial charge in [0.1, 0.15) is 5.75 Å². The van der Waals surface area contributed by atoms with Crippen LogP contribution in [0.4, 0.5) is 8.78 Å². The van der Waals surface area contributed by atoms with Crippen LogP contribution in [0.5, 0.6) is 5.75 Å². The standard InChI is InChI=1S/C17H22F2N4O/c1-2-20-17(21-9-12-23-10-5-6-11-23)22-13-14-7-3-4-8-15(14)24-16(18)19/h3-8,10-11,16H,2,9,12-13H2,1H3,(H2,20,21,22). The molecule has 2 N–H and O–H groups in total. The van der Waals surface area contributed by atoms with Crippen molar-refractivity contribution >= 4 is 5.96 Å². The van der Waals surface area contributed by atoms with Gasteiger partial charge in [-0.05, 0) is 25.1 Å². The minimum Gasteiger partial charge on any atom is -0.434 e. The number of ether oxygens (including phenoxy) is 1. The van der Waals surface area contributed by atoms with Crippen molar-refractivity contribution in [2.24, 2.45) is 4.99 Å². The second-order valence-electron chi connectivity index (χ2n) is 5.03. The normalized spacial score (nSPS) is 11.6. The van der Waals surface area contributed by atoms with Crippen molar-refractivity contribution < 1.29 is 13.5 Å². The molecule has 0 radical (unpaired) electrons. The maximum absolute atomic E-state index is 12.4. The number of para-hydroxylation sites is 1. The fourth-order valence-corrected chi connectivity index (χ4v) is 2.17. The van der Waals surface area contributed by atoms with Crippen LogP contribution >= 0.6 is 0 Å². The number of hydrogen-bond donors (Lipinski definition) is 2. The van der Waals surface area contributed by atoms with Gasteiger partial charge in [-0.15, -0.1) is 0 Å². The lowest BCUT2D eigenvalue weighted by atomic mass is 10.2. The second-order valence-corrected chi connectivity index (χ2v) is 5.03. The lowest BCUT2D eigenvalue weighted by Gasteiger charge is -2.13. The number of aromatic nitrogens is 1. The number of alkyl halides is 2. The third-order valence-electron chi connectivity index (χ3n) is 3.27. The van der Waals surface area contributed by atoms with Gasteiger partial charge < -0.3 is 19.9 Å². The van der Waals surface area contributed by atoms with E-state index in [1.807, 2.05) is 31.5 Å². The highest BCUT2D eigenvalue weighted by molar-refractivity contribution is 5.79. The first-order valence-corrected chi connectivity index (χ1v) is 7.84. The van der Waals surface area contributed by atoms with Crippen molar-refractivity contribution in [1.82, 2.24) is 15.2 Å². The molecule has 0 fully saturated rings. The van der Waals surface area contributed by atoms with E-state index in [9.17, 15) is 8.78 Å². The van der Waals surface area contributed by atoms with Gasteiger partial charge in [-0.25, -0.2) is 4.99 Å². The fourth-order valence-electron chi connectivity index (χ4n) is 2.17. The van der Waals surface area contributed by atoms with Crippen LogP contribution in [0, 0.1) is 0 Å². The molecule has 0 unspecified atom stereocenters. The Morgan fingerprint density at radius 3 is 2.62 bits per heavy atom. The Hall–Kier alpha value is -2.57. The van der Waals surface area contributed by atoms with Crippen LogP contribution < -0.4 is 15.4 Å². The van der Waals surface area contributed by atoms with Crippen LogP contribution in [0.1, 0.15) is 12.5 Å². The number of hydrogen-bond acceptors (Lipinski definition) is 2. The van der Waals surface area contributed by atoms with Crippen LogP contribution in [0.2, 0.25) is 0 Å². The molecule has 2 rings (SSSR count). The van der Waals surface area contributed by atoms with Gasteiger partial charge >= 0.3 is 6.61 Å². The van der Waals surface area contributed by atoms with E-state index in [1.54, 1.807) is 18.2 Å². The van der Waals surface area contributed by atoms with Crippen LogP contribution in [-0.2, 0) is 13.1 Å². The quantitative estimate of drug-likeness (QED) is 0.576. The molecule has 0 aliphatic rings. The van der Waals surface area contributed by atoms with E-state index < -0.39 is 6.61 Å². The molecule has 0 atom stereocenters. The Morgan fingerprint density at radius 2 is 1.92 bits per heavy atom. The van der Waals surface area contributed by atoms with E-state index in [-0.39, 0.29) is 12.3 Å². The Balaban J connectivity index is 1.94. The molecule has 5 nitrogen and oxygen atoms in total. The zero-order valence-corrected chi connectivity index (χ0v) is 13.6. The lowest BCUT2D eigenvalue weighted by Crippen LogP contribution is -2.38. The van der Waals surface area contributed by atoms with Gasteiger partial charge in [-0.2, -0.15) is 8.78 Å². The zero-order chi connectivity index (χ0) is 17.2. The van der Waals surface area contributed by atoms with Crippen molar-refractivity contribution in [3.63, 3.8) is 0 Å². The summed E-state index contributed by atoms with van der Waals surface area (Å²) < 4.78 is 31.5. The molecule has 2 aromatic rings. The van der Waals surface area contributed by atoms with Crippen LogP contribution in [0.25, 0.3) is 0 Å². The van der Waals surface area contributed by atoms with Crippen molar-refractivity contribution in [2.75, 3.05) is 13.1 Å². The average Bonchev–Trinajstić information content (AvgIpc) is 3.06. The second kappa shape index (κ2) is 9.54. The van der Waals surface area contributed by atoms with E-state index in [0.717, 1.165) is 6.54 Å². The predicted molar refractivity (Wildman–Crippen MR) is 90.3 cm³/mol. The number of guanidine groups is 1. The molecule has 1 heterocycles. The van der Waals surface area contributed by atoms with E-state index in [4.69, 9.17) is 0 Å². The maximum atomic E-state index is 12.4. The van der Waals surface area contributed by atoms with E-state index in [2.05, 4.69) is 24.9 Å². The number of nitrogens with zero attached hydrogens (tertiary/aromatic N) is 2. The van der Waals surface area contributed by atoms with Crippen LogP contribution in [0.15, 0.2) is 53.8 Å². The van der Waals surface area contributed by atoms with E-state index in [1.165, 1.54) is 6.07 Å². The maximum Gasteiger partial charge on any atom is 0.387 e. The highest BCUT2D eigenvalue weighted by atomic mass is 19.3. The molecular formula is C17H22F2N4O. The van der Waals surface area contributed by atoms with E-state index in [0.29, 0.717) is 24.6 Å². The summed E-state index contributed by atoms with van der Waals surface area (Å²) in [6.07, 6.45) is 3.98. The zero-order valence-electron chi connectivity index (χ0n) is 13.6. The lowest BCUT2D eigenvalue weighted by molar-refractivity contribution is -0.0504. The van der Waals surface area contributed by atoms with E-state index >= 15 is 0 Å². The summed E-state index contributed by atoms with van der Waals surface area (Å²) in [5, 5.41) is 6.35. The highest BCUT2D eigenvalue weighted by Gasteiger charge is 2.08. The average molecular weight is 336 g/mol. The van der Waals surface area contributed by atoms with Gasteiger partial charge in [0.05, 0.1) is 6.54 Å². The van der Waals surface area contributed by atoms with Gasteiger partial charge in [-0.1, -0.05) is 18.2 Å². The van der Waals surface area contributed by atoms with Crippen molar-refractivity contribution in [1.29, 1.82) is 0 Å². The first-order chi connectivity index (χ1) is 11.7. The molecule has 1 aromatic carbocycles. The summed E-state index contributed by atoms with van der Waals surface area (Å²) in [5.41, 5.74) is 0.611. The molecule has 0 bridgehead atoms. The van der Waals surface area contributed by atoms with Crippen molar-refractivity contribution in [3.8, 4) is 5.75 Å². The van der Waals surface area contributed by atoms with Gasteiger partial charge in [0.2, 0.25) is 0 Å². The summed E-state index contributed by atoms with van der Waals surface area (Å²) in [5.74, 6) is 0.788. The predicted octanol–water partition coefficient (Wildman–Crippen LogP) is 2.84. The fraction of sp³-hybridized carbons (Fsp3) is 0.353. The Kier molecular flexibility index (Phi) is 7.07.